The van der Waals surface area contributed by atoms with Gasteiger partial charge in [0, 0.05) is 16.9 Å². The first kappa shape index (κ1) is 27.3. The maximum Gasteiger partial charge on any atom is 0.422 e. The molecular weight excluding hydrogens is 491 g/mol. The normalized spacial score (nSPS) is 18.3. The van der Waals surface area contributed by atoms with Gasteiger partial charge in [0.15, 0.2) is 24.5 Å². The molecule has 1 aliphatic rings. The van der Waals surface area contributed by atoms with E-state index in [2.05, 4.69) is 11.7 Å². The number of hydrogen-bond acceptors (Lipinski definition) is 3. The summed E-state index contributed by atoms with van der Waals surface area (Å²) >= 11 is 0. The van der Waals surface area contributed by atoms with Crippen molar-refractivity contribution in [3.63, 3.8) is 0 Å². The Labute approximate surface area is 213 Å². The van der Waals surface area contributed by atoms with Crippen LogP contribution >= 0.6 is 0 Å². The zero-order chi connectivity index (χ0) is 26.4. The summed E-state index contributed by atoms with van der Waals surface area (Å²) in [5, 5.41) is 1.20. The lowest BCUT2D eigenvalue weighted by Gasteiger charge is -2.29. The minimum Gasteiger partial charge on any atom is -0.481 e. The molecule has 0 spiro atoms. The van der Waals surface area contributed by atoms with E-state index in [0.29, 0.717) is 48.5 Å². The molecule has 0 atom stereocenters. The van der Waals surface area contributed by atoms with Gasteiger partial charge < -0.3 is 14.2 Å². The molecule has 0 N–H and O–H groups in total. The molecule has 3 nitrogen and oxygen atoms in total. The van der Waals surface area contributed by atoms with Crippen molar-refractivity contribution in [2.45, 2.75) is 57.9 Å². The lowest BCUT2D eigenvalue weighted by atomic mass is 9.98. The van der Waals surface area contributed by atoms with E-state index >= 15 is 4.39 Å². The van der Waals surface area contributed by atoms with E-state index in [9.17, 15) is 17.6 Å². The zero-order valence-corrected chi connectivity index (χ0v) is 20.8. The Morgan fingerprint density at radius 1 is 0.919 bits per heavy atom. The predicted molar refractivity (Wildman–Crippen MR) is 132 cm³/mol. The van der Waals surface area contributed by atoms with Gasteiger partial charge >= 0.3 is 6.18 Å². The summed E-state index contributed by atoms with van der Waals surface area (Å²) in [4.78, 5) is 0. The summed E-state index contributed by atoms with van der Waals surface area (Å²) in [7, 11) is 0. The molecule has 1 aliphatic heterocycles. The number of halogens is 5. The van der Waals surface area contributed by atoms with Gasteiger partial charge in [0.05, 0.1) is 13.2 Å². The van der Waals surface area contributed by atoms with Crippen LogP contribution in [0.1, 0.15) is 55.6 Å². The second kappa shape index (κ2) is 12.2. The third kappa shape index (κ3) is 7.42. The van der Waals surface area contributed by atoms with Crippen LogP contribution in [0.4, 0.5) is 22.0 Å². The molecular formula is C29H31F5O3. The lowest BCUT2D eigenvalue weighted by Crippen LogP contribution is -2.27. The topological polar surface area (TPSA) is 27.7 Å². The van der Waals surface area contributed by atoms with Crippen molar-refractivity contribution in [2.75, 3.05) is 19.8 Å². The fraction of sp³-hybridized carbons (Fsp3) is 0.448. The average molecular weight is 523 g/mol. The molecule has 1 fully saturated rings. The van der Waals surface area contributed by atoms with Crippen LogP contribution in [0.5, 0.6) is 5.75 Å². The quantitative estimate of drug-likeness (QED) is 0.199. The summed E-state index contributed by atoms with van der Waals surface area (Å²) in [6.07, 6.45) is 0.269. The maximum absolute atomic E-state index is 15.2. The smallest absolute Gasteiger partial charge is 0.422 e. The lowest BCUT2D eigenvalue weighted by molar-refractivity contribution is -0.206. The largest absolute Gasteiger partial charge is 0.481 e. The molecule has 200 valence electrons. The van der Waals surface area contributed by atoms with Crippen molar-refractivity contribution in [1.29, 1.82) is 0 Å². The first-order valence-electron chi connectivity index (χ1n) is 12.7. The molecule has 37 heavy (non-hydrogen) atoms. The third-order valence-corrected chi connectivity index (χ3v) is 6.58. The Bertz CT molecular complexity index is 1190. The highest BCUT2D eigenvalue weighted by Gasteiger charge is 2.29. The van der Waals surface area contributed by atoms with Crippen molar-refractivity contribution in [3.05, 3.63) is 76.9 Å². The molecule has 1 heterocycles. The van der Waals surface area contributed by atoms with Crippen LogP contribution in [0.3, 0.4) is 0 Å². The molecule has 0 aliphatic carbocycles. The van der Waals surface area contributed by atoms with Gasteiger partial charge in [0.2, 0.25) is 0 Å². The number of unbranched alkanes of at least 4 members (excludes halogenated alkanes) is 2. The fourth-order valence-corrected chi connectivity index (χ4v) is 4.54. The number of aryl methyl sites for hydroxylation is 2. The maximum atomic E-state index is 15.2. The monoisotopic (exact) mass is 522 g/mol. The highest BCUT2D eigenvalue weighted by Crippen LogP contribution is 2.31. The van der Waals surface area contributed by atoms with Crippen LogP contribution in [0.15, 0.2) is 48.5 Å². The molecule has 3 aromatic rings. The molecule has 4 rings (SSSR count). The Morgan fingerprint density at radius 3 is 2.41 bits per heavy atom. The van der Waals surface area contributed by atoms with Gasteiger partial charge in [-0.1, -0.05) is 56.5 Å². The van der Waals surface area contributed by atoms with Crippen molar-refractivity contribution in [1.82, 2.24) is 0 Å². The highest BCUT2D eigenvalue weighted by molar-refractivity contribution is 5.84. The van der Waals surface area contributed by atoms with Crippen LogP contribution in [0, 0.1) is 17.6 Å². The van der Waals surface area contributed by atoms with Gasteiger partial charge in [-0.15, -0.1) is 0 Å². The van der Waals surface area contributed by atoms with Crippen LogP contribution in [0.2, 0.25) is 0 Å². The standard InChI is InChI=1S/C29H31F5O3/c1-2-3-4-5-20-16-35-28(36-17-20)23-11-12-24-22(15-23)10-9-21(27(24)31)8-6-19-7-13-26(25(30)14-19)37-18-29(32,33)34/h7,9-15,20,28H,2-6,8,16-18H2,1H3. The third-order valence-electron chi connectivity index (χ3n) is 6.58. The van der Waals surface area contributed by atoms with Crippen molar-refractivity contribution >= 4 is 10.8 Å². The summed E-state index contributed by atoms with van der Waals surface area (Å²) in [5.74, 6) is -1.30. The van der Waals surface area contributed by atoms with Crippen LogP contribution in [0.25, 0.3) is 10.8 Å². The summed E-state index contributed by atoms with van der Waals surface area (Å²) in [5.41, 5.74) is 1.85. The fourth-order valence-electron chi connectivity index (χ4n) is 4.54. The number of hydrogen-bond donors (Lipinski definition) is 0. The van der Waals surface area contributed by atoms with E-state index in [4.69, 9.17) is 9.47 Å². The number of alkyl halides is 3. The minimum absolute atomic E-state index is 0.306. The van der Waals surface area contributed by atoms with Gasteiger partial charge in [-0.3, -0.25) is 0 Å². The Morgan fingerprint density at radius 2 is 1.70 bits per heavy atom. The summed E-state index contributed by atoms with van der Waals surface area (Å²) < 4.78 is 82.6. The summed E-state index contributed by atoms with van der Waals surface area (Å²) in [6, 6.07) is 12.7. The molecule has 0 unspecified atom stereocenters. The van der Waals surface area contributed by atoms with E-state index in [0.717, 1.165) is 29.5 Å². The van der Waals surface area contributed by atoms with E-state index in [1.165, 1.54) is 25.3 Å². The second-order valence-corrected chi connectivity index (χ2v) is 9.55. The van der Waals surface area contributed by atoms with Crippen LogP contribution in [-0.2, 0) is 22.3 Å². The van der Waals surface area contributed by atoms with Gasteiger partial charge in [-0.2, -0.15) is 13.2 Å². The first-order chi connectivity index (χ1) is 17.7. The average Bonchev–Trinajstić information content (AvgIpc) is 2.87. The number of fused-ring (bicyclic) bond motifs is 1. The van der Waals surface area contributed by atoms with E-state index < -0.39 is 30.6 Å². The summed E-state index contributed by atoms with van der Waals surface area (Å²) in [6.45, 7) is 1.91. The first-order valence-corrected chi connectivity index (χ1v) is 12.7. The molecule has 0 aromatic heterocycles. The molecule has 8 heteroatoms. The van der Waals surface area contributed by atoms with E-state index in [-0.39, 0.29) is 5.82 Å². The molecule has 0 saturated carbocycles. The Hall–Kier alpha value is -2.71. The number of ether oxygens (including phenoxy) is 3. The van der Waals surface area contributed by atoms with Crippen LogP contribution < -0.4 is 4.74 Å². The van der Waals surface area contributed by atoms with Crippen LogP contribution in [-0.4, -0.2) is 26.0 Å². The zero-order valence-electron chi connectivity index (χ0n) is 20.8. The molecule has 0 radical (unpaired) electrons. The molecule has 1 saturated heterocycles. The molecule has 0 amide bonds. The second-order valence-electron chi connectivity index (χ2n) is 9.55. The van der Waals surface area contributed by atoms with Gasteiger partial charge in [0.1, 0.15) is 5.82 Å². The van der Waals surface area contributed by atoms with Gasteiger partial charge in [-0.05, 0) is 54.0 Å². The van der Waals surface area contributed by atoms with Gasteiger partial charge in [0.25, 0.3) is 0 Å². The van der Waals surface area contributed by atoms with Gasteiger partial charge in [-0.25, -0.2) is 8.78 Å². The Balaban J connectivity index is 1.37. The highest BCUT2D eigenvalue weighted by atomic mass is 19.4. The minimum atomic E-state index is -4.55. The Kier molecular flexibility index (Phi) is 9.03. The number of rotatable bonds is 10. The van der Waals surface area contributed by atoms with E-state index in [1.54, 1.807) is 12.1 Å². The predicted octanol–water partition coefficient (Wildman–Crippen LogP) is 8.09. The SMILES string of the molecule is CCCCCC1COC(c2ccc3c(F)c(CCc4ccc(OCC(F)(F)F)c(F)c4)ccc3c2)OC1. The molecule has 0 bridgehead atoms. The van der Waals surface area contributed by atoms with Crippen molar-refractivity contribution < 1.29 is 36.2 Å². The van der Waals surface area contributed by atoms with Crippen molar-refractivity contribution in [3.8, 4) is 5.75 Å². The van der Waals surface area contributed by atoms with Crippen molar-refractivity contribution in [2.24, 2.45) is 5.92 Å². The molecule has 3 aromatic carbocycles. The number of benzene rings is 3. The van der Waals surface area contributed by atoms with E-state index in [1.807, 2.05) is 18.2 Å².